The highest BCUT2D eigenvalue weighted by atomic mass is 19.3. The van der Waals surface area contributed by atoms with Crippen LogP contribution in [-0.2, 0) is 10.7 Å². The van der Waals surface area contributed by atoms with E-state index in [0.717, 1.165) is 24.5 Å². The highest BCUT2D eigenvalue weighted by Crippen LogP contribution is 2.40. The molecule has 1 aromatic heterocycles. The number of alkyl halides is 2. The summed E-state index contributed by atoms with van der Waals surface area (Å²) in [5, 5.41) is 10.2. The summed E-state index contributed by atoms with van der Waals surface area (Å²) >= 11 is 0. The molecule has 15 heavy (non-hydrogen) atoms. The fourth-order valence-electron chi connectivity index (χ4n) is 1.35. The van der Waals surface area contributed by atoms with E-state index >= 15 is 0 Å². The zero-order chi connectivity index (χ0) is 11.1. The number of carboxylic acids is 1. The Kier molecular flexibility index (Phi) is 2.17. The van der Waals surface area contributed by atoms with Crippen molar-refractivity contribution in [2.45, 2.75) is 24.7 Å². The van der Waals surface area contributed by atoms with Gasteiger partial charge in [0.2, 0.25) is 0 Å². The molecule has 0 bridgehead atoms. The Morgan fingerprint density at radius 2 is 2.13 bits per heavy atom. The van der Waals surface area contributed by atoms with E-state index in [-0.39, 0.29) is 0 Å². The van der Waals surface area contributed by atoms with Gasteiger partial charge >= 0.3 is 5.92 Å². The SMILES string of the molecule is O=C([O-])C(F)(F)c1ccc(C2CC2)cn1. The van der Waals surface area contributed by atoms with Gasteiger partial charge in [0.15, 0.2) is 0 Å². The zero-order valence-corrected chi connectivity index (χ0v) is 7.74. The second kappa shape index (κ2) is 3.25. The van der Waals surface area contributed by atoms with Gasteiger partial charge in [-0.05, 0) is 30.4 Å². The molecule has 0 aromatic carbocycles. The number of hydrogen-bond donors (Lipinski definition) is 0. The van der Waals surface area contributed by atoms with E-state index in [4.69, 9.17) is 0 Å². The molecule has 0 N–H and O–H groups in total. The minimum atomic E-state index is -4.01. The molecule has 0 radical (unpaired) electrons. The van der Waals surface area contributed by atoms with Gasteiger partial charge in [-0.2, -0.15) is 8.78 Å². The van der Waals surface area contributed by atoms with Crippen molar-refractivity contribution in [1.82, 2.24) is 4.98 Å². The number of aromatic nitrogens is 1. The van der Waals surface area contributed by atoms with Gasteiger partial charge in [0.25, 0.3) is 0 Å². The Balaban J connectivity index is 2.26. The van der Waals surface area contributed by atoms with Gasteiger partial charge < -0.3 is 9.90 Å². The molecular formula is C10H8F2NO2-. The van der Waals surface area contributed by atoms with Crippen molar-refractivity contribution >= 4 is 5.97 Å². The lowest BCUT2D eigenvalue weighted by Crippen LogP contribution is -2.39. The van der Waals surface area contributed by atoms with Gasteiger partial charge in [0.05, 0.1) is 0 Å². The zero-order valence-electron chi connectivity index (χ0n) is 7.74. The third kappa shape index (κ3) is 1.82. The van der Waals surface area contributed by atoms with Crippen molar-refractivity contribution < 1.29 is 18.7 Å². The van der Waals surface area contributed by atoms with Gasteiger partial charge in [-0.25, -0.2) is 0 Å². The summed E-state index contributed by atoms with van der Waals surface area (Å²) in [7, 11) is 0. The first-order valence-electron chi connectivity index (χ1n) is 4.57. The molecule has 0 amide bonds. The van der Waals surface area contributed by atoms with Gasteiger partial charge in [-0.15, -0.1) is 0 Å². The summed E-state index contributed by atoms with van der Waals surface area (Å²) in [5.74, 6) is -6.03. The van der Waals surface area contributed by atoms with E-state index in [1.165, 1.54) is 12.3 Å². The minimum Gasteiger partial charge on any atom is -0.544 e. The molecule has 0 aliphatic heterocycles. The Labute approximate surface area is 84.8 Å². The Morgan fingerprint density at radius 3 is 2.53 bits per heavy atom. The molecule has 1 aliphatic carbocycles. The second-order valence-electron chi connectivity index (χ2n) is 3.61. The van der Waals surface area contributed by atoms with E-state index in [2.05, 4.69) is 4.98 Å². The summed E-state index contributed by atoms with van der Waals surface area (Å²) in [6, 6.07) is 2.54. The van der Waals surface area contributed by atoms with Crippen LogP contribution >= 0.6 is 0 Å². The van der Waals surface area contributed by atoms with Crippen molar-refractivity contribution in [3.63, 3.8) is 0 Å². The summed E-state index contributed by atoms with van der Waals surface area (Å²) in [6.45, 7) is 0. The molecule has 1 aliphatic rings. The van der Waals surface area contributed by atoms with Crippen LogP contribution < -0.4 is 5.11 Å². The Bertz CT molecular complexity index is 385. The predicted octanol–water partition coefficient (Wildman–Crippen LogP) is 0.801. The van der Waals surface area contributed by atoms with Crippen LogP contribution in [0.15, 0.2) is 18.3 Å². The molecule has 1 saturated carbocycles. The van der Waals surface area contributed by atoms with Gasteiger partial charge in [-0.3, -0.25) is 4.98 Å². The van der Waals surface area contributed by atoms with Gasteiger partial charge in [0.1, 0.15) is 11.7 Å². The highest BCUT2D eigenvalue weighted by molar-refractivity contribution is 5.74. The number of nitrogens with zero attached hydrogens (tertiary/aromatic N) is 1. The Morgan fingerprint density at radius 1 is 1.47 bits per heavy atom. The van der Waals surface area contributed by atoms with Crippen LogP contribution in [0.1, 0.15) is 30.0 Å². The Hall–Kier alpha value is -1.52. The number of carbonyl (C=O) groups is 1. The monoisotopic (exact) mass is 212 g/mol. The largest absolute Gasteiger partial charge is 0.544 e. The maximum absolute atomic E-state index is 12.9. The number of halogens is 2. The smallest absolute Gasteiger partial charge is 0.328 e. The first-order chi connectivity index (χ1) is 7.01. The van der Waals surface area contributed by atoms with E-state index in [1.54, 1.807) is 0 Å². The van der Waals surface area contributed by atoms with E-state index < -0.39 is 17.6 Å². The van der Waals surface area contributed by atoms with E-state index in [0.29, 0.717) is 5.92 Å². The second-order valence-corrected chi connectivity index (χ2v) is 3.61. The van der Waals surface area contributed by atoms with Crippen molar-refractivity contribution in [3.05, 3.63) is 29.6 Å². The number of carboxylic acid groups (broad SMARTS) is 1. The lowest BCUT2D eigenvalue weighted by molar-refractivity contribution is -0.331. The molecule has 0 atom stereocenters. The molecule has 5 heteroatoms. The molecule has 0 spiro atoms. The standard InChI is InChI=1S/C10H9F2NO2/c11-10(12,9(14)15)8-4-3-7(5-13-8)6-1-2-6/h3-6H,1-2H2,(H,14,15)/p-1. The molecule has 80 valence electrons. The number of rotatable bonds is 3. The van der Waals surface area contributed by atoms with Crippen molar-refractivity contribution in [2.24, 2.45) is 0 Å². The number of pyridine rings is 1. The molecule has 1 fully saturated rings. The average Bonchev–Trinajstić information content (AvgIpc) is 3.01. The van der Waals surface area contributed by atoms with Crippen LogP contribution in [0.2, 0.25) is 0 Å². The average molecular weight is 212 g/mol. The lowest BCUT2D eigenvalue weighted by Gasteiger charge is -2.16. The maximum atomic E-state index is 12.9. The quantitative estimate of drug-likeness (QED) is 0.744. The third-order valence-electron chi connectivity index (χ3n) is 2.41. The van der Waals surface area contributed by atoms with Gasteiger partial charge in [0, 0.05) is 6.20 Å². The van der Waals surface area contributed by atoms with Crippen LogP contribution in [0.25, 0.3) is 0 Å². The maximum Gasteiger partial charge on any atom is 0.328 e. The van der Waals surface area contributed by atoms with E-state index in [9.17, 15) is 18.7 Å². The third-order valence-corrected chi connectivity index (χ3v) is 2.41. The highest BCUT2D eigenvalue weighted by Gasteiger charge is 2.35. The minimum absolute atomic E-state index is 0.406. The van der Waals surface area contributed by atoms with Gasteiger partial charge in [-0.1, -0.05) is 6.07 Å². The first-order valence-corrected chi connectivity index (χ1v) is 4.57. The van der Waals surface area contributed by atoms with Crippen molar-refractivity contribution in [2.75, 3.05) is 0 Å². The molecule has 1 aromatic rings. The van der Waals surface area contributed by atoms with Crippen LogP contribution in [0.3, 0.4) is 0 Å². The molecule has 0 unspecified atom stereocenters. The number of aliphatic carboxylic acids is 1. The predicted molar refractivity (Wildman–Crippen MR) is 45.1 cm³/mol. The van der Waals surface area contributed by atoms with E-state index in [1.807, 2.05) is 0 Å². The summed E-state index contributed by atoms with van der Waals surface area (Å²) < 4.78 is 25.8. The van der Waals surface area contributed by atoms with Crippen LogP contribution in [0, 0.1) is 0 Å². The summed E-state index contributed by atoms with van der Waals surface area (Å²) in [6.07, 6.45) is 3.39. The fourth-order valence-corrected chi connectivity index (χ4v) is 1.35. The molecule has 3 nitrogen and oxygen atoms in total. The summed E-state index contributed by atoms with van der Waals surface area (Å²) in [5.41, 5.74) is 0.111. The van der Waals surface area contributed by atoms with Crippen LogP contribution in [0.5, 0.6) is 0 Å². The van der Waals surface area contributed by atoms with Crippen molar-refractivity contribution in [1.29, 1.82) is 0 Å². The van der Waals surface area contributed by atoms with Crippen LogP contribution in [-0.4, -0.2) is 11.0 Å². The number of hydrogen-bond acceptors (Lipinski definition) is 3. The van der Waals surface area contributed by atoms with Crippen molar-refractivity contribution in [3.8, 4) is 0 Å². The molecular weight excluding hydrogens is 204 g/mol. The number of carbonyl (C=O) groups excluding carboxylic acids is 1. The lowest BCUT2D eigenvalue weighted by atomic mass is 10.1. The topological polar surface area (TPSA) is 53.0 Å². The normalized spacial score (nSPS) is 16.4. The molecule has 1 heterocycles. The summed E-state index contributed by atoms with van der Waals surface area (Å²) in [4.78, 5) is 13.6. The molecule has 2 rings (SSSR count). The van der Waals surface area contributed by atoms with Crippen LogP contribution in [0.4, 0.5) is 8.78 Å². The fraction of sp³-hybridized carbons (Fsp3) is 0.400. The molecule has 0 saturated heterocycles. The first kappa shape index (κ1) is 10.0.